The molecule has 0 unspecified atom stereocenters. The molecular weight excluding hydrogens is 376 g/mol. The molecule has 1 fully saturated rings. The van der Waals surface area contributed by atoms with Crippen LogP contribution in [-0.4, -0.2) is 11.9 Å². The fourth-order valence-corrected chi connectivity index (χ4v) is 4.74. The van der Waals surface area contributed by atoms with Crippen LogP contribution in [0.25, 0.3) is 0 Å². The second-order valence-corrected chi connectivity index (χ2v) is 9.11. The lowest BCUT2D eigenvalue weighted by molar-refractivity contribution is 0.298. The number of benzene rings is 2. The van der Waals surface area contributed by atoms with Gasteiger partial charge in [0.1, 0.15) is 0 Å². The van der Waals surface area contributed by atoms with Crippen LogP contribution >= 0.6 is 0 Å². The van der Waals surface area contributed by atoms with Gasteiger partial charge in [-0.3, -0.25) is 0 Å². The molecule has 2 aromatic carbocycles. The molecule has 3 rings (SSSR count). The first-order valence-corrected chi connectivity index (χ1v) is 12.6. The van der Waals surface area contributed by atoms with Crippen molar-refractivity contribution in [3.8, 4) is 0 Å². The zero-order valence-electron chi connectivity index (χ0n) is 19.6. The van der Waals surface area contributed by atoms with E-state index in [0.717, 1.165) is 17.9 Å². The summed E-state index contributed by atoms with van der Waals surface area (Å²) in [4.78, 5) is 0. The summed E-state index contributed by atoms with van der Waals surface area (Å²) in [6, 6.07) is 19.3. The van der Waals surface area contributed by atoms with E-state index in [2.05, 4.69) is 73.5 Å². The lowest BCUT2D eigenvalue weighted by atomic mass is 9.76. The van der Waals surface area contributed by atoms with Crippen LogP contribution in [0, 0.1) is 11.8 Å². The quantitative estimate of drug-likeness (QED) is 0.200. The van der Waals surface area contributed by atoms with Crippen LogP contribution in [0.3, 0.4) is 0 Å². The molecule has 2 aromatic rings. The maximum absolute atomic E-state index is 4.76. The highest BCUT2D eigenvalue weighted by Gasteiger charge is 2.25. The second-order valence-electron chi connectivity index (χ2n) is 9.11. The third-order valence-electron chi connectivity index (χ3n) is 6.78. The average molecular weight is 417 g/mol. The fraction of sp³-hybridized carbons (Fsp3) is 0.517. The molecule has 1 saturated carbocycles. The molecule has 166 valence electrons. The Morgan fingerprint density at radius 1 is 0.839 bits per heavy atom. The molecule has 0 spiro atoms. The summed E-state index contributed by atoms with van der Waals surface area (Å²) >= 11 is 0. The number of unbranched alkanes of at least 4 members (excludes halogenated alkanes) is 4. The Bertz CT molecular complexity index is 796. The first-order chi connectivity index (χ1) is 15.3. The van der Waals surface area contributed by atoms with Gasteiger partial charge in [0.05, 0.1) is 11.9 Å². The summed E-state index contributed by atoms with van der Waals surface area (Å²) in [7, 11) is 0. The Morgan fingerprint density at radius 3 is 2.23 bits per heavy atom. The van der Waals surface area contributed by atoms with Crippen molar-refractivity contribution in [1.82, 2.24) is 0 Å². The predicted octanol–water partition coefficient (Wildman–Crippen LogP) is 8.24. The summed E-state index contributed by atoms with van der Waals surface area (Å²) in [5, 5.41) is 9.27. The summed E-state index contributed by atoms with van der Waals surface area (Å²) in [5.74, 6) is 1.44. The van der Waals surface area contributed by atoms with Crippen molar-refractivity contribution in [2.75, 3.05) is 0 Å². The van der Waals surface area contributed by atoms with E-state index < -0.39 is 0 Å². The first kappa shape index (κ1) is 23.4. The van der Waals surface area contributed by atoms with Crippen LogP contribution in [0.5, 0.6) is 0 Å². The van der Waals surface area contributed by atoms with Crippen molar-refractivity contribution < 1.29 is 0 Å². The van der Waals surface area contributed by atoms with Gasteiger partial charge in [0.25, 0.3) is 0 Å². The Kier molecular flexibility index (Phi) is 10.0. The van der Waals surface area contributed by atoms with Gasteiger partial charge in [-0.25, -0.2) is 0 Å². The van der Waals surface area contributed by atoms with Gasteiger partial charge < -0.3 is 0 Å². The van der Waals surface area contributed by atoms with Gasteiger partial charge in [0, 0.05) is 5.92 Å². The maximum atomic E-state index is 4.76. The molecular formula is C29H40N2. The summed E-state index contributed by atoms with van der Waals surface area (Å²) < 4.78 is 0. The first-order valence-electron chi connectivity index (χ1n) is 12.6. The van der Waals surface area contributed by atoms with Gasteiger partial charge >= 0.3 is 0 Å². The summed E-state index contributed by atoms with van der Waals surface area (Å²) in [5.41, 5.74) is 4.86. The highest BCUT2D eigenvalue weighted by molar-refractivity contribution is 6.02. The van der Waals surface area contributed by atoms with Crippen LogP contribution < -0.4 is 0 Å². The van der Waals surface area contributed by atoms with E-state index in [-0.39, 0.29) is 0 Å². The van der Waals surface area contributed by atoms with Gasteiger partial charge in [0.15, 0.2) is 0 Å². The van der Waals surface area contributed by atoms with Crippen LogP contribution in [-0.2, 0) is 6.42 Å². The van der Waals surface area contributed by atoms with E-state index >= 15 is 0 Å². The molecule has 0 radical (unpaired) electrons. The van der Waals surface area contributed by atoms with Crippen molar-refractivity contribution in [2.45, 2.75) is 84.5 Å². The average Bonchev–Trinajstić information content (AvgIpc) is 2.83. The number of aryl methyl sites for hydroxylation is 1. The second kappa shape index (κ2) is 13.2. The molecule has 0 saturated heterocycles. The molecule has 1 aliphatic rings. The minimum atomic E-state index is 0.526. The van der Waals surface area contributed by atoms with Gasteiger partial charge in [-0.05, 0) is 54.7 Å². The Hall–Kier alpha value is -2.22. The van der Waals surface area contributed by atoms with Crippen molar-refractivity contribution in [3.63, 3.8) is 0 Å². The third-order valence-corrected chi connectivity index (χ3v) is 6.78. The van der Waals surface area contributed by atoms with Gasteiger partial charge in [-0.15, -0.1) is 0 Å². The van der Waals surface area contributed by atoms with E-state index in [4.69, 9.17) is 5.10 Å². The molecule has 0 amide bonds. The molecule has 1 aliphatic carbocycles. The largest absolute Gasteiger partial charge is 0.158 e. The van der Waals surface area contributed by atoms with Gasteiger partial charge in [-0.1, -0.05) is 107 Å². The molecule has 0 aromatic heterocycles. The van der Waals surface area contributed by atoms with Crippen LogP contribution in [0.1, 0.15) is 94.7 Å². The van der Waals surface area contributed by atoms with Crippen LogP contribution in [0.4, 0.5) is 0 Å². The fourth-order valence-electron chi connectivity index (χ4n) is 4.74. The van der Waals surface area contributed by atoms with Crippen molar-refractivity contribution >= 4 is 11.9 Å². The van der Waals surface area contributed by atoms with E-state index in [1.54, 1.807) is 0 Å². The topological polar surface area (TPSA) is 24.7 Å². The Labute approximate surface area is 189 Å². The standard InChI is InChI=1S/C29H40N2/c1-3-5-6-7-9-12-25-19-21-28(22-20-25)29(27-13-10-8-11-14-27)31-30-23-26-17-15-24(4-2)16-18-26/h8,10-11,13-18,23,25,28H,3-7,9,12,19-22H2,1-2H3. The smallest absolute Gasteiger partial charge is 0.0733 e. The Morgan fingerprint density at radius 2 is 1.55 bits per heavy atom. The van der Waals surface area contributed by atoms with Crippen molar-refractivity contribution in [2.24, 2.45) is 22.0 Å². The molecule has 0 aliphatic heterocycles. The molecule has 0 atom stereocenters. The summed E-state index contributed by atoms with van der Waals surface area (Å²) in [6.45, 7) is 4.47. The molecule has 31 heavy (non-hydrogen) atoms. The number of hydrogen-bond acceptors (Lipinski definition) is 2. The van der Waals surface area contributed by atoms with E-state index in [1.807, 2.05) is 6.21 Å². The molecule has 2 heteroatoms. The molecule has 0 N–H and O–H groups in total. The minimum absolute atomic E-state index is 0.526. The normalized spacial score (nSPS) is 19.7. The molecule has 2 nitrogen and oxygen atoms in total. The highest BCUT2D eigenvalue weighted by Crippen LogP contribution is 2.34. The number of nitrogens with zero attached hydrogens (tertiary/aromatic N) is 2. The van der Waals surface area contributed by atoms with Crippen LogP contribution in [0.2, 0.25) is 0 Å². The predicted molar refractivity (Wildman–Crippen MR) is 135 cm³/mol. The van der Waals surface area contributed by atoms with Crippen LogP contribution in [0.15, 0.2) is 64.8 Å². The monoisotopic (exact) mass is 416 g/mol. The lowest BCUT2D eigenvalue weighted by Gasteiger charge is -2.29. The number of rotatable bonds is 11. The lowest BCUT2D eigenvalue weighted by Crippen LogP contribution is -2.22. The summed E-state index contributed by atoms with van der Waals surface area (Å²) in [6.07, 6.45) is 16.5. The maximum Gasteiger partial charge on any atom is 0.0733 e. The third kappa shape index (κ3) is 7.76. The van der Waals surface area contributed by atoms with Crippen molar-refractivity contribution in [1.29, 1.82) is 0 Å². The van der Waals surface area contributed by atoms with E-state index in [9.17, 15) is 0 Å². The number of hydrogen-bond donors (Lipinski definition) is 0. The molecule has 0 heterocycles. The van der Waals surface area contributed by atoms with Crippen molar-refractivity contribution in [3.05, 3.63) is 71.3 Å². The zero-order chi connectivity index (χ0) is 21.7. The van der Waals surface area contributed by atoms with E-state index in [1.165, 1.54) is 81.0 Å². The van der Waals surface area contributed by atoms with Gasteiger partial charge in [-0.2, -0.15) is 10.2 Å². The Balaban J connectivity index is 1.61. The van der Waals surface area contributed by atoms with E-state index in [0.29, 0.717) is 5.92 Å². The SMILES string of the molecule is CCCCCCCC1CCC(C(=NN=Cc2ccc(CC)cc2)c2ccccc2)CC1. The van der Waals surface area contributed by atoms with Gasteiger partial charge in [0.2, 0.25) is 0 Å². The molecule has 0 bridgehead atoms. The zero-order valence-corrected chi connectivity index (χ0v) is 19.6. The minimum Gasteiger partial charge on any atom is -0.158 e. The highest BCUT2D eigenvalue weighted by atomic mass is 15.2.